The molecule has 2 fully saturated rings. The summed E-state index contributed by atoms with van der Waals surface area (Å²) < 4.78 is 10.9. The molecule has 5 nitrogen and oxygen atoms in total. The molecule has 2 bridgehead atoms. The first-order valence-corrected chi connectivity index (χ1v) is 8.60. The summed E-state index contributed by atoms with van der Waals surface area (Å²) in [5.74, 6) is 1.35. The normalized spacial score (nSPS) is 26.7. The van der Waals surface area contributed by atoms with E-state index < -0.39 is 0 Å². The Kier molecular flexibility index (Phi) is 3.68. The van der Waals surface area contributed by atoms with E-state index in [9.17, 15) is 4.79 Å². The molecule has 3 aliphatic heterocycles. The van der Waals surface area contributed by atoms with Gasteiger partial charge in [-0.25, -0.2) is 0 Å². The molecule has 4 rings (SSSR count). The zero-order chi connectivity index (χ0) is 16.0. The summed E-state index contributed by atoms with van der Waals surface area (Å²) in [6, 6.07) is 7.22. The van der Waals surface area contributed by atoms with Gasteiger partial charge in [-0.2, -0.15) is 0 Å². The topological polar surface area (TPSA) is 42.0 Å². The average Bonchev–Trinajstić information content (AvgIpc) is 3.10. The Bertz CT molecular complexity index is 616. The molecule has 3 heterocycles. The van der Waals surface area contributed by atoms with Crippen molar-refractivity contribution < 1.29 is 14.3 Å². The van der Waals surface area contributed by atoms with Gasteiger partial charge in [0.2, 0.25) is 6.79 Å². The molecule has 3 aliphatic rings. The summed E-state index contributed by atoms with van der Waals surface area (Å²) in [7, 11) is 0. The van der Waals surface area contributed by atoms with Crippen LogP contribution in [-0.4, -0.2) is 53.7 Å². The number of nitrogens with zero attached hydrogens (tertiary/aromatic N) is 2. The molecular formula is C18H24N2O3. The van der Waals surface area contributed by atoms with Crippen molar-refractivity contribution in [3.63, 3.8) is 0 Å². The second-order valence-corrected chi connectivity index (χ2v) is 7.01. The molecule has 2 atom stereocenters. The highest BCUT2D eigenvalue weighted by atomic mass is 16.7. The Labute approximate surface area is 137 Å². The lowest BCUT2D eigenvalue weighted by molar-refractivity contribution is 0.0724. The fourth-order valence-corrected chi connectivity index (χ4v) is 4.41. The molecule has 0 aromatic heterocycles. The van der Waals surface area contributed by atoms with E-state index in [4.69, 9.17) is 9.47 Å². The van der Waals surface area contributed by atoms with E-state index in [1.807, 2.05) is 23.1 Å². The average molecular weight is 316 g/mol. The maximum atomic E-state index is 13.0. The second kappa shape index (κ2) is 5.71. The number of amides is 1. The molecule has 5 heteroatoms. The third-order valence-corrected chi connectivity index (χ3v) is 5.35. The summed E-state index contributed by atoms with van der Waals surface area (Å²) in [4.78, 5) is 17.7. The van der Waals surface area contributed by atoms with Crippen LogP contribution in [0, 0.1) is 0 Å². The molecule has 23 heavy (non-hydrogen) atoms. The van der Waals surface area contributed by atoms with Crippen molar-refractivity contribution in [1.82, 2.24) is 9.80 Å². The summed E-state index contributed by atoms with van der Waals surface area (Å²) in [6.45, 7) is 6.37. The molecule has 0 saturated carbocycles. The molecular weight excluding hydrogens is 292 g/mol. The van der Waals surface area contributed by atoms with Gasteiger partial charge in [0.15, 0.2) is 11.5 Å². The maximum Gasteiger partial charge on any atom is 0.257 e. The molecule has 1 amide bonds. The number of para-hydroxylation sites is 1. The monoisotopic (exact) mass is 316 g/mol. The third kappa shape index (κ3) is 2.47. The van der Waals surface area contributed by atoms with Crippen LogP contribution in [0.4, 0.5) is 0 Å². The second-order valence-electron chi connectivity index (χ2n) is 7.01. The van der Waals surface area contributed by atoms with Gasteiger partial charge >= 0.3 is 0 Å². The van der Waals surface area contributed by atoms with E-state index in [1.54, 1.807) is 0 Å². The number of ether oxygens (including phenoxy) is 2. The molecule has 2 unspecified atom stereocenters. The first-order valence-electron chi connectivity index (χ1n) is 8.60. The summed E-state index contributed by atoms with van der Waals surface area (Å²) in [5, 5.41) is 0. The predicted octanol–water partition coefficient (Wildman–Crippen LogP) is 2.50. The van der Waals surface area contributed by atoms with E-state index in [-0.39, 0.29) is 12.7 Å². The number of hydrogen-bond donors (Lipinski definition) is 0. The first-order chi connectivity index (χ1) is 11.1. The number of rotatable bonds is 2. The Morgan fingerprint density at radius 3 is 2.83 bits per heavy atom. The van der Waals surface area contributed by atoms with Crippen LogP contribution in [-0.2, 0) is 0 Å². The number of likely N-dealkylation sites (tertiary alicyclic amines) is 1. The van der Waals surface area contributed by atoms with Crippen molar-refractivity contribution in [1.29, 1.82) is 0 Å². The fraction of sp³-hybridized carbons (Fsp3) is 0.611. The standard InChI is InChI=1S/C18H24N2O3/c1-12(2)20-13-6-7-14(20)10-19(9-8-13)18(21)15-4-3-5-16-17(15)23-11-22-16/h3-5,12-14H,6-11H2,1-2H3. The summed E-state index contributed by atoms with van der Waals surface area (Å²) in [6.07, 6.45) is 3.52. The minimum atomic E-state index is 0.0728. The van der Waals surface area contributed by atoms with E-state index in [0.29, 0.717) is 35.2 Å². The van der Waals surface area contributed by atoms with Gasteiger partial charge in [-0.1, -0.05) is 6.07 Å². The van der Waals surface area contributed by atoms with Gasteiger partial charge in [-0.3, -0.25) is 9.69 Å². The number of fused-ring (bicyclic) bond motifs is 3. The van der Waals surface area contributed by atoms with Crippen molar-refractivity contribution in [3.8, 4) is 11.5 Å². The van der Waals surface area contributed by atoms with Crippen LogP contribution in [0.15, 0.2) is 18.2 Å². The number of hydrogen-bond acceptors (Lipinski definition) is 4. The van der Waals surface area contributed by atoms with Crippen LogP contribution in [0.2, 0.25) is 0 Å². The Balaban J connectivity index is 1.57. The molecule has 0 radical (unpaired) electrons. The zero-order valence-electron chi connectivity index (χ0n) is 13.8. The Morgan fingerprint density at radius 1 is 1.17 bits per heavy atom. The highest BCUT2D eigenvalue weighted by Gasteiger charge is 2.40. The summed E-state index contributed by atoms with van der Waals surface area (Å²) >= 11 is 0. The van der Waals surface area contributed by atoms with Gasteiger partial charge in [0.05, 0.1) is 5.56 Å². The SMILES string of the molecule is CC(C)N1C2CCC1CN(C(=O)c1cccc3c1OCO3)CC2. The molecule has 2 saturated heterocycles. The van der Waals surface area contributed by atoms with Crippen LogP contribution < -0.4 is 9.47 Å². The largest absolute Gasteiger partial charge is 0.454 e. The molecule has 0 N–H and O–H groups in total. The number of carbonyl (C=O) groups excluding carboxylic acids is 1. The van der Waals surface area contributed by atoms with Gasteiger partial charge in [0.25, 0.3) is 5.91 Å². The fourth-order valence-electron chi connectivity index (χ4n) is 4.41. The Hall–Kier alpha value is -1.75. The molecule has 1 aromatic rings. The minimum absolute atomic E-state index is 0.0728. The summed E-state index contributed by atoms with van der Waals surface area (Å²) in [5.41, 5.74) is 0.633. The zero-order valence-corrected chi connectivity index (χ0v) is 13.8. The number of carbonyl (C=O) groups is 1. The van der Waals surface area contributed by atoms with E-state index >= 15 is 0 Å². The van der Waals surface area contributed by atoms with Crippen LogP contribution in [0.3, 0.4) is 0 Å². The van der Waals surface area contributed by atoms with Crippen molar-refractivity contribution in [2.75, 3.05) is 19.9 Å². The lowest BCUT2D eigenvalue weighted by atomic mass is 10.1. The predicted molar refractivity (Wildman–Crippen MR) is 86.9 cm³/mol. The third-order valence-electron chi connectivity index (χ3n) is 5.35. The molecule has 0 aliphatic carbocycles. The minimum Gasteiger partial charge on any atom is -0.454 e. The van der Waals surface area contributed by atoms with Gasteiger partial charge < -0.3 is 14.4 Å². The van der Waals surface area contributed by atoms with Crippen LogP contribution in [0.1, 0.15) is 43.5 Å². The molecule has 124 valence electrons. The quantitative estimate of drug-likeness (QED) is 0.841. The van der Waals surface area contributed by atoms with E-state index in [2.05, 4.69) is 18.7 Å². The number of benzene rings is 1. The van der Waals surface area contributed by atoms with Crippen LogP contribution in [0.5, 0.6) is 11.5 Å². The van der Waals surface area contributed by atoms with Gasteiger partial charge in [0.1, 0.15) is 0 Å². The van der Waals surface area contributed by atoms with Gasteiger partial charge in [0, 0.05) is 31.2 Å². The van der Waals surface area contributed by atoms with E-state index in [0.717, 1.165) is 19.5 Å². The lowest BCUT2D eigenvalue weighted by Gasteiger charge is -2.32. The van der Waals surface area contributed by atoms with Crippen molar-refractivity contribution in [2.45, 2.75) is 51.2 Å². The highest BCUT2D eigenvalue weighted by molar-refractivity contribution is 5.98. The van der Waals surface area contributed by atoms with Gasteiger partial charge in [-0.15, -0.1) is 0 Å². The Morgan fingerprint density at radius 2 is 2.00 bits per heavy atom. The van der Waals surface area contributed by atoms with Crippen molar-refractivity contribution >= 4 is 5.91 Å². The first kappa shape index (κ1) is 14.8. The van der Waals surface area contributed by atoms with Gasteiger partial charge in [-0.05, 0) is 45.2 Å². The maximum absolute atomic E-state index is 13.0. The smallest absolute Gasteiger partial charge is 0.257 e. The molecule has 0 spiro atoms. The highest BCUT2D eigenvalue weighted by Crippen LogP contribution is 2.37. The van der Waals surface area contributed by atoms with Crippen molar-refractivity contribution in [2.24, 2.45) is 0 Å². The van der Waals surface area contributed by atoms with E-state index in [1.165, 1.54) is 12.8 Å². The molecule has 1 aromatic carbocycles. The lowest BCUT2D eigenvalue weighted by Crippen LogP contribution is -2.44. The van der Waals surface area contributed by atoms with Crippen molar-refractivity contribution in [3.05, 3.63) is 23.8 Å². The van der Waals surface area contributed by atoms with Crippen LogP contribution >= 0.6 is 0 Å². The van der Waals surface area contributed by atoms with Crippen LogP contribution in [0.25, 0.3) is 0 Å².